The molecule has 1 aliphatic heterocycles. The van der Waals surface area contributed by atoms with Gasteiger partial charge >= 0.3 is 0 Å². The van der Waals surface area contributed by atoms with Crippen LogP contribution in [0.5, 0.6) is 0 Å². The van der Waals surface area contributed by atoms with E-state index >= 15 is 0 Å². The van der Waals surface area contributed by atoms with Crippen molar-refractivity contribution in [3.05, 3.63) is 65.7 Å². The third-order valence-corrected chi connectivity index (χ3v) is 6.67. The first-order valence-corrected chi connectivity index (χ1v) is 11.5. The van der Waals surface area contributed by atoms with Crippen LogP contribution in [0.2, 0.25) is 0 Å². The van der Waals surface area contributed by atoms with Crippen molar-refractivity contribution in [1.82, 2.24) is 14.6 Å². The summed E-state index contributed by atoms with van der Waals surface area (Å²) in [5.74, 6) is 0.105. The Balaban J connectivity index is 1.18. The summed E-state index contributed by atoms with van der Waals surface area (Å²) in [5, 5.41) is 5.99. The zero-order chi connectivity index (χ0) is 22.9. The van der Waals surface area contributed by atoms with Crippen LogP contribution in [0.3, 0.4) is 0 Å². The number of ketones is 1. The molecule has 0 atom stereocenters. The number of hydrogen-bond acceptors (Lipinski definition) is 5. The summed E-state index contributed by atoms with van der Waals surface area (Å²) in [6.45, 7) is 4.32. The molecule has 0 amide bonds. The number of likely N-dealkylation sites (tertiary alicyclic amines) is 1. The van der Waals surface area contributed by atoms with Gasteiger partial charge in [-0.15, -0.1) is 0 Å². The Morgan fingerprint density at radius 3 is 2.73 bits per heavy atom. The maximum absolute atomic E-state index is 13.4. The van der Waals surface area contributed by atoms with Gasteiger partial charge < -0.3 is 9.42 Å². The van der Waals surface area contributed by atoms with Crippen molar-refractivity contribution in [2.45, 2.75) is 38.5 Å². The number of carbonyl (C=O) groups excluding carboxylic acids is 2. The second-order valence-corrected chi connectivity index (χ2v) is 8.70. The molecule has 1 fully saturated rings. The quantitative estimate of drug-likeness (QED) is 0.369. The standard InChI is InChI=1S/C26H26FN3O3/c1-2-25(32)30-14-9-18-15-19(3-6-22(18)30)23(31)10-13-29-11-7-17(8-12-29)26-21-5-4-20(27)16-24(21)33-28-26/h3-6,9,14-17H,2,7-8,10-13H2,1H3. The van der Waals surface area contributed by atoms with Crippen LogP contribution in [-0.4, -0.2) is 45.9 Å². The molecule has 33 heavy (non-hydrogen) atoms. The van der Waals surface area contributed by atoms with Crippen molar-refractivity contribution < 1.29 is 18.5 Å². The van der Waals surface area contributed by atoms with Crippen LogP contribution in [0, 0.1) is 5.82 Å². The highest BCUT2D eigenvalue weighted by atomic mass is 19.1. The fraction of sp³-hybridized carbons (Fsp3) is 0.346. The van der Waals surface area contributed by atoms with Gasteiger partial charge in [0.25, 0.3) is 0 Å². The van der Waals surface area contributed by atoms with Crippen molar-refractivity contribution in [3.8, 4) is 0 Å². The number of hydrogen-bond donors (Lipinski definition) is 0. The molecule has 6 nitrogen and oxygen atoms in total. The molecule has 4 aromatic rings. The first-order chi connectivity index (χ1) is 16.0. The van der Waals surface area contributed by atoms with Crippen LogP contribution in [0.25, 0.3) is 21.9 Å². The van der Waals surface area contributed by atoms with Crippen LogP contribution in [-0.2, 0) is 0 Å². The molecule has 1 aliphatic rings. The largest absolute Gasteiger partial charge is 0.356 e. The number of piperidine rings is 1. The van der Waals surface area contributed by atoms with Gasteiger partial charge in [0.1, 0.15) is 5.82 Å². The van der Waals surface area contributed by atoms with Crippen molar-refractivity contribution in [2.75, 3.05) is 19.6 Å². The van der Waals surface area contributed by atoms with Gasteiger partial charge in [-0.05, 0) is 62.3 Å². The van der Waals surface area contributed by atoms with Crippen molar-refractivity contribution >= 4 is 33.6 Å². The Morgan fingerprint density at radius 2 is 1.94 bits per heavy atom. The summed E-state index contributed by atoms with van der Waals surface area (Å²) in [6.07, 6.45) is 4.52. The molecule has 7 heteroatoms. The predicted molar refractivity (Wildman–Crippen MR) is 124 cm³/mol. The van der Waals surface area contributed by atoms with Crippen LogP contribution < -0.4 is 0 Å². The molecule has 2 aromatic heterocycles. The summed E-state index contributed by atoms with van der Waals surface area (Å²) in [5.41, 5.74) is 2.91. The fourth-order valence-electron chi connectivity index (χ4n) is 4.76. The minimum atomic E-state index is -0.323. The number of nitrogens with zero attached hydrogens (tertiary/aromatic N) is 3. The zero-order valence-corrected chi connectivity index (χ0v) is 18.6. The molecular formula is C26H26FN3O3. The topological polar surface area (TPSA) is 68.3 Å². The normalized spacial score (nSPS) is 15.5. The van der Waals surface area contributed by atoms with Crippen LogP contribution >= 0.6 is 0 Å². The van der Waals surface area contributed by atoms with Gasteiger partial charge in [-0.25, -0.2) is 4.39 Å². The number of Topliss-reactive ketones (excluding diaryl/α,β-unsaturated/α-hetero) is 1. The average molecular weight is 448 g/mol. The minimum absolute atomic E-state index is 0.0401. The third kappa shape index (κ3) is 4.20. The first-order valence-electron chi connectivity index (χ1n) is 11.5. The smallest absolute Gasteiger partial charge is 0.230 e. The average Bonchev–Trinajstić information content (AvgIpc) is 3.46. The molecule has 0 saturated carbocycles. The van der Waals surface area contributed by atoms with Gasteiger partial charge in [-0.3, -0.25) is 14.2 Å². The molecule has 170 valence electrons. The van der Waals surface area contributed by atoms with E-state index in [1.807, 2.05) is 31.2 Å². The van der Waals surface area contributed by atoms with E-state index in [4.69, 9.17) is 4.52 Å². The second-order valence-electron chi connectivity index (χ2n) is 8.70. The van der Waals surface area contributed by atoms with E-state index in [-0.39, 0.29) is 23.4 Å². The number of rotatable bonds is 6. The van der Waals surface area contributed by atoms with Crippen molar-refractivity contribution in [3.63, 3.8) is 0 Å². The molecule has 0 unspecified atom stereocenters. The Labute approximate surface area is 190 Å². The number of aromatic nitrogens is 2. The lowest BCUT2D eigenvalue weighted by Gasteiger charge is -2.30. The highest BCUT2D eigenvalue weighted by Gasteiger charge is 2.25. The molecule has 1 saturated heterocycles. The molecule has 0 bridgehead atoms. The molecule has 3 heterocycles. The summed E-state index contributed by atoms with van der Waals surface area (Å²) in [4.78, 5) is 27.1. The van der Waals surface area contributed by atoms with E-state index in [9.17, 15) is 14.0 Å². The van der Waals surface area contributed by atoms with E-state index in [0.717, 1.165) is 47.9 Å². The maximum atomic E-state index is 13.4. The maximum Gasteiger partial charge on any atom is 0.230 e. The van der Waals surface area contributed by atoms with Crippen LogP contribution in [0.15, 0.2) is 53.2 Å². The summed E-state index contributed by atoms with van der Waals surface area (Å²) in [6, 6.07) is 12.0. The molecule has 0 radical (unpaired) electrons. The number of carbonyl (C=O) groups is 2. The molecule has 0 aliphatic carbocycles. The summed E-state index contributed by atoms with van der Waals surface area (Å²) < 4.78 is 20.4. The second kappa shape index (κ2) is 8.90. The van der Waals surface area contributed by atoms with Crippen molar-refractivity contribution in [1.29, 1.82) is 0 Å². The third-order valence-electron chi connectivity index (χ3n) is 6.67. The highest BCUT2D eigenvalue weighted by molar-refractivity contribution is 6.01. The van der Waals surface area contributed by atoms with Gasteiger partial charge in [0.15, 0.2) is 11.4 Å². The van der Waals surface area contributed by atoms with Crippen molar-refractivity contribution in [2.24, 2.45) is 0 Å². The molecule has 0 spiro atoms. The Bertz CT molecular complexity index is 1330. The summed E-state index contributed by atoms with van der Waals surface area (Å²) >= 11 is 0. The molecule has 2 aromatic carbocycles. The SMILES string of the molecule is CCC(=O)n1ccc2cc(C(=O)CCN3CCC(c4noc5cc(F)ccc45)CC3)ccc21. The van der Waals surface area contributed by atoms with Crippen LogP contribution in [0.4, 0.5) is 4.39 Å². The minimum Gasteiger partial charge on any atom is -0.356 e. The lowest BCUT2D eigenvalue weighted by Crippen LogP contribution is -2.34. The number of halogens is 1. The lowest BCUT2D eigenvalue weighted by molar-refractivity contribution is 0.0913. The summed E-state index contributed by atoms with van der Waals surface area (Å²) in [7, 11) is 0. The fourth-order valence-corrected chi connectivity index (χ4v) is 4.76. The van der Waals surface area contributed by atoms with Crippen LogP contribution in [0.1, 0.15) is 59.4 Å². The van der Waals surface area contributed by atoms with Gasteiger partial charge in [0.05, 0.1) is 11.2 Å². The van der Waals surface area contributed by atoms with Gasteiger partial charge in [-0.1, -0.05) is 12.1 Å². The van der Waals surface area contributed by atoms with Gasteiger partial charge in [0.2, 0.25) is 5.91 Å². The van der Waals surface area contributed by atoms with E-state index in [1.54, 1.807) is 16.8 Å². The first kappa shape index (κ1) is 21.5. The molecule has 5 rings (SSSR count). The van der Waals surface area contributed by atoms with Gasteiger partial charge in [0, 0.05) is 53.9 Å². The highest BCUT2D eigenvalue weighted by Crippen LogP contribution is 2.32. The molecule has 0 N–H and O–H groups in total. The lowest BCUT2D eigenvalue weighted by atomic mass is 9.91. The Morgan fingerprint density at radius 1 is 1.12 bits per heavy atom. The number of benzene rings is 2. The predicted octanol–water partition coefficient (Wildman–Crippen LogP) is 5.42. The Hall–Kier alpha value is -3.32. The van der Waals surface area contributed by atoms with E-state index in [2.05, 4.69) is 10.1 Å². The number of fused-ring (bicyclic) bond motifs is 2. The van der Waals surface area contributed by atoms with E-state index in [0.29, 0.717) is 30.5 Å². The Kier molecular flexibility index (Phi) is 5.81. The zero-order valence-electron chi connectivity index (χ0n) is 18.6. The molecular weight excluding hydrogens is 421 g/mol. The monoisotopic (exact) mass is 447 g/mol. The van der Waals surface area contributed by atoms with E-state index in [1.165, 1.54) is 12.1 Å². The van der Waals surface area contributed by atoms with E-state index < -0.39 is 0 Å². The van der Waals surface area contributed by atoms with Gasteiger partial charge in [-0.2, -0.15) is 0 Å².